The number of benzene rings is 1. The molecule has 3 nitrogen and oxygen atoms in total. The summed E-state index contributed by atoms with van der Waals surface area (Å²) in [6.07, 6.45) is 0. The van der Waals surface area contributed by atoms with Crippen LogP contribution in [0.5, 0.6) is 0 Å². The Hall–Kier alpha value is -1.29. The molecule has 1 N–H and O–H groups in total. The first-order valence-electron chi connectivity index (χ1n) is 2.91. The number of hydrogen-bond acceptors (Lipinski definition) is 3. The molecule has 1 rings (SSSR count). The Labute approximate surface area is 68.8 Å². The van der Waals surface area contributed by atoms with Gasteiger partial charge in [0, 0.05) is 12.4 Å². The van der Waals surface area contributed by atoms with Crippen molar-refractivity contribution in [2.75, 3.05) is 0 Å². The topological polar surface area (TPSA) is 49.7 Å². The van der Waals surface area contributed by atoms with Gasteiger partial charge in [0.1, 0.15) is 0 Å². The van der Waals surface area contributed by atoms with Gasteiger partial charge >= 0.3 is 5.97 Å². The lowest BCUT2D eigenvalue weighted by Crippen LogP contribution is -1.95. The third-order valence-corrected chi connectivity index (χ3v) is 1.43. The molecule has 0 amide bonds. The van der Waals surface area contributed by atoms with E-state index in [0.29, 0.717) is 5.69 Å². The predicted molar refractivity (Wildman–Crippen MR) is 42.9 cm³/mol. The van der Waals surface area contributed by atoms with Crippen molar-refractivity contribution in [3.8, 4) is 0 Å². The van der Waals surface area contributed by atoms with Crippen LogP contribution < -0.4 is 0 Å². The summed E-state index contributed by atoms with van der Waals surface area (Å²) in [6.45, 7) is 0. The molecule has 0 aromatic heterocycles. The minimum Gasteiger partial charge on any atom is -0.478 e. The van der Waals surface area contributed by atoms with Gasteiger partial charge in [0.15, 0.2) is 0 Å². The monoisotopic (exact) mass is 167 g/mol. The number of carbonyl (C=O) groups is 1. The standard InChI is InChI=1S/C7H5NO2S/c9-7(10)5-3-1-2-4-6(5)8-11/h1-4H,(H,9,10). The second-order valence-corrected chi connectivity index (χ2v) is 2.10. The number of rotatable bonds is 2. The van der Waals surface area contributed by atoms with Gasteiger partial charge in [0.2, 0.25) is 0 Å². The fourth-order valence-corrected chi connectivity index (χ4v) is 0.893. The molecule has 0 bridgehead atoms. The van der Waals surface area contributed by atoms with E-state index in [-0.39, 0.29) is 5.56 Å². The molecule has 0 saturated heterocycles. The molecule has 0 atom stereocenters. The van der Waals surface area contributed by atoms with Gasteiger partial charge < -0.3 is 5.11 Å². The number of carboxylic acids is 1. The van der Waals surface area contributed by atoms with E-state index in [2.05, 4.69) is 16.8 Å². The highest BCUT2D eigenvalue weighted by Crippen LogP contribution is 2.17. The Kier molecular flexibility index (Phi) is 2.28. The normalized spacial score (nSPS) is 9.09. The van der Waals surface area contributed by atoms with Gasteiger partial charge in [-0.25, -0.2) is 4.79 Å². The van der Waals surface area contributed by atoms with Gasteiger partial charge in [-0.1, -0.05) is 12.1 Å². The maximum Gasteiger partial charge on any atom is 0.337 e. The number of hydrogen-bond donors (Lipinski definition) is 1. The van der Waals surface area contributed by atoms with Crippen molar-refractivity contribution in [2.45, 2.75) is 0 Å². The highest BCUT2D eigenvalue weighted by Gasteiger charge is 2.06. The Morgan fingerprint density at radius 2 is 2.09 bits per heavy atom. The fraction of sp³-hybridized carbons (Fsp3) is 0. The van der Waals surface area contributed by atoms with Gasteiger partial charge in [0.25, 0.3) is 0 Å². The van der Waals surface area contributed by atoms with Crippen LogP contribution in [0.3, 0.4) is 0 Å². The number of carboxylic acid groups (broad SMARTS) is 1. The molecule has 0 unspecified atom stereocenters. The maximum atomic E-state index is 10.5. The van der Waals surface area contributed by atoms with Crippen LogP contribution in [-0.2, 0) is 12.4 Å². The summed E-state index contributed by atoms with van der Waals surface area (Å²) in [5.41, 5.74) is 0.470. The third-order valence-electron chi connectivity index (χ3n) is 1.23. The zero-order valence-corrected chi connectivity index (χ0v) is 6.34. The van der Waals surface area contributed by atoms with Crippen LogP contribution >= 0.6 is 0 Å². The van der Waals surface area contributed by atoms with Crippen molar-refractivity contribution in [3.05, 3.63) is 29.8 Å². The van der Waals surface area contributed by atoms with Crippen molar-refractivity contribution in [1.29, 1.82) is 0 Å². The minimum atomic E-state index is -1.01. The van der Waals surface area contributed by atoms with Gasteiger partial charge in [0.05, 0.1) is 11.3 Å². The van der Waals surface area contributed by atoms with E-state index < -0.39 is 5.97 Å². The zero-order valence-electron chi connectivity index (χ0n) is 5.52. The van der Waals surface area contributed by atoms with E-state index in [0.717, 1.165) is 0 Å². The third kappa shape index (κ3) is 1.59. The van der Waals surface area contributed by atoms with Crippen LogP contribution in [-0.4, -0.2) is 11.1 Å². The molecule has 0 radical (unpaired) electrons. The molecule has 0 heterocycles. The van der Waals surface area contributed by atoms with Crippen molar-refractivity contribution in [2.24, 2.45) is 4.36 Å². The Morgan fingerprint density at radius 1 is 1.45 bits per heavy atom. The summed E-state index contributed by atoms with van der Waals surface area (Å²) < 4.78 is 3.39. The van der Waals surface area contributed by atoms with E-state index >= 15 is 0 Å². The van der Waals surface area contributed by atoms with Crippen LogP contribution in [0, 0.1) is 0 Å². The van der Waals surface area contributed by atoms with E-state index in [9.17, 15) is 4.79 Å². The van der Waals surface area contributed by atoms with E-state index in [1.54, 1.807) is 18.2 Å². The van der Waals surface area contributed by atoms with E-state index in [1.807, 2.05) is 0 Å². The van der Waals surface area contributed by atoms with Crippen LogP contribution in [0.4, 0.5) is 5.69 Å². The summed E-state index contributed by atoms with van der Waals surface area (Å²) in [6, 6.07) is 6.36. The zero-order chi connectivity index (χ0) is 8.27. The average Bonchev–Trinajstić information content (AvgIpc) is 2.04. The molecule has 0 saturated carbocycles. The molecule has 0 fully saturated rings. The summed E-state index contributed by atoms with van der Waals surface area (Å²) in [5, 5.41) is 8.59. The predicted octanol–water partition coefficient (Wildman–Crippen LogP) is 1.75. The second-order valence-electron chi connectivity index (χ2n) is 1.91. The van der Waals surface area contributed by atoms with Gasteiger partial charge in [-0.3, -0.25) is 0 Å². The van der Waals surface area contributed by atoms with Crippen molar-refractivity contribution in [1.82, 2.24) is 0 Å². The van der Waals surface area contributed by atoms with Crippen LogP contribution in [0.2, 0.25) is 0 Å². The summed E-state index contributed by atoms with van der Waals surface area (Å²) in [7, 11) is 0. The van der Waals surface area contributed by atoms with Crippen molar-refractivity contribution in [3.63, 3.8) is 0 Å². The Balaban J connectivity index is 3.22. The van der Waals surface area contributed by atoms with Crippen molar-refractivity contribution < 1.29 is 9.90 Å². The molecule has 1 aromatic carbocycles. The highest BCUT2D eigenvalue weighted by atomic mass is 32.1. The van der Waals surface area contributed by atoms with Gasteiger partial charge in [-0.05, 0) is 12.1 Å². The van der Waals surface area contributed by atoms with Crippen molar-refractivity contribution >= 4 is 24.1 Å². The Bertz CT molecular complexity index is 298. The highest BCUT2D eigenvalue weighted by molar-refractivity contribution is 7.47. The van der Waals surface area contributed by atoms with Crippen LogP contribution in [0.15, 0.2) is 28.6 Å². The summed E-state index contributed by atoms with van der Waals surface area (Å²) >= 11 is 4.39. The lowest BCUT2D eigenvalue weighted by molar-refractivity contribution is 0.0698. The summed E-state index contributed by atoms with van der Waals surface area (Å²) in [5.74, 6) is -1.01. The average molecular weight is 167 g/mol. The molecular formula is C7H5NO2S. The molecule has 0 aliphatic rings. The second kappa shape index (κ2) is 3.21. The van der Waals surface area contributed by atoms with Gasteiger partial charge in [-0.2, -0.15) is 4.36 Å². The fourth-order valence-electron chi connectivity index (χ4n) is 0.734. The number of nitrogens with zero attached hydrogens (tertiary/aromatic N) is 1. The quantitative estimate of drug-likeness (QED) is 0.729. The molecule has 11 heavy (non-hydrogen) atoms. The molecule has 0 spiro atoms. The molecule has 1 aromatic rings. The SMILES string of the molecule is O=C(O)c1ccccc1N=S. The molecule has 0 aliphatic carbocycles. The van der Waals surface area contributed by atoms with E-state index in [4.69, 9.17) is 5.11 Å². The lowest BCUT2D eigenvalue weighted by Gasteiger charge is -1.95. The number of aromatic carboxylic acids is 1. The van der Waals surface area contributed by atoms with Gasteiger partial charge in [-0.15, -0.1) is 0 Å². The first-order chi connectivity index (χ1) is 5.25. The van der Waals surface area contributed by atoms with Crippen LogP contribution in [0.1, 0.15) is 10.4 Å². The molecular weight excluding hydrogens is 162 g/mol. The maximum absolute atomic E-state index is 10.5. The summed E-state index contributed by atoms with van der Waals surface area (Å²) in [4.78, 5) is 10.5. The van der Waals surface area contributed by atoms with E-state index in [1.165, 1.54) is 6.07 Å². The smallest absolute Gasteiger partial charge is 0.337 e. The molecule has 0 aliphatic heterocycles. The largest absolute Gasteiger partial charge is 0.478 e. The Morgan fingerprint density at radius 3 is 2.55 bits per heavy atom. The van der Waals surface area contributed by atoms with Crippen LogP contribution in [0.25, 0.3) is 0 Å². The minimum absolute atomic E-state index is 0.141. The molecule has 56 valence electrons. The lowest BCUT2D eigenvalue weighted by atomic mass is 10.2. The first-order valence-corrected chi connectivity index (χ1v) is 3.28. The molecule has 4 heteroatoms. The first kappa shape index (κ1) is 7.81.